The third-order valence-corrected chi connectivity index (χ3v) is 3.74. The topological polar surface area (TPSA) is 41.5 Å². The van der Waals surface area contributed by atoms with Gasteiger partial charge in [0.2, 0.25) is 0 Å². The second-order valence-electron chi connectivity index (χ2n) is 5.37. The smallest absolute Gasteiger partial charge is 0.119 e. The van der Waals surface area contributed by atoms with Crippen molar-refractivity contribution in [2.24, 2.45) is 0 Å². The minimum absolute atomic E-state index is 0.136. The van der Waals surface area contributed by atoms with E-state index in [0.29, 0.717) is 13.0 Å². The van der Waals surface area contributed by atoms with Gasteiger partial charge < -0.3 is 15.2 Å². The van der Waals surface area contributed by atoms with E-state index < -0.39 is 0 Å². The lowest BCUT2D eigenvalue weighted by Crippen LogP contribution is -2.25. The van der Waals surface area contributed by atoms with E-state index in [2.05, 4.69) is 36.5 Å². The second kappa shape index (κ2) is 8.57. The predicted octanol–water partition coefficient (Wildman–Crippen LogP) is 3.86. The van der Waals surface area contributed by atoms with E-state index in [0.717, 1.165) is 5.75 Å². The van der Waals surface area contributed by atoms with Crippen molar-refractivity contribution >= 4 is 0 Å². The van der Waals surface area contributed by atoms with Crippen molar-refractivity contribution in [2.45, 2.75) is 32.4 Å². The van der Waals surface area contributed by atoms with E-state index in [1.54, 1.807) is 0 Å². The van der Waals surface area contributed by atoms with E-state index >= 15 is 0 Å². The van der Waals surface area contributed by atoms with Gasteiger partial charge in [-0.2, -0.15) is 0 Å². The zero-order chi connectivity index (χ0) is 15.8. The Morgan fingerprint density at radius 2 is 1.77 bits per heavy atom. The Bertz CT molecular complexity index is 556. The van der Waals surface area contributed by atoms with Crippen LogP contribution in [-0.2, 0) is 0 Å². The van der Waals surface area contributed by atoms with Gasteiger partial charge in [-0.1, -0.05) is 42.5 Å². The van der Waals surface area contributed by atoms with Crippen LogP contribution in [0.25, 0.3) is 0 Å². The lowest BCUT2D eigenvalue weighted by Gasteiger charge is -2.24. The molecular formula is C19H25NO2. The summed E-state index contributed by atoms with van der Waals surface area (Å²) in [6.45, 7) is 4.96. The number of hydrogen-bond acceptors (Lipinski definition) is 3. The molecule has 0 heterocycles. The van der Waals surface area contributed by atoms with E-state index in [-0.39, 0.29) is 18.7 Å². The molecule has 2 rings (SSSR count). The predicted molar refractivity (Wildman–Crippen MR) is 90.0 cm³/mol. The third-order valence-electron chi connectivity index (χ3n) is 3.74. The molecule has 0 aliphatic heterocycles. The highest BCUT2D eigenvalue weighted by Crippen LogP contribution is 2.24. The lowest BCUT2D eigenvalue weighted by molar-refractivity contribution is 0.260. The van der Waals surface area contributed by atoms with Crippen LogP contribution in [0.1, 0.15) is 43.5 Å². The van der Waals surface area contributed by atoms with Crippen LogP contribution in [-0.4, -0.2) is 18.3 Å². The molecule has 118 valence electrons. The SMILES string of the molecule is CCOc1cccc(C(C)N[C@H](CCO)c2ccccc2)c1. The zero-order valence-electron chi connectivity index (χ0n) is 13.3. The molecule has 2 atom stereocenters. The van der Waals surface area contributed by atoms with Crippen LogP contribution in [0.15, 0.2) is 54.6 Å². The Hall–Kier alpha value is -1.84. The molecule has 0 bridgehead atoms. The maximum atomic E-state index is 9.34. The van der Waals surface area contributed by atoms with Crippen LogP contribution in [0.2, 0.25) is 0 Å². The average molecular weight is 299 g/mol. The molecule has 2 aromatic carbocycles. The Kier molecular flexibility index (Phi) is 6.44. The minimum atomic E-state index is 0.136. The van der Waals surface area contributed by atoms with Gasteiger partial charge in [0.15, 0.2) is 0 Å². The zero-order valence-corrected chi connectivity index (χ0v) is 13.3. The highest BCUT2D eigenvalue weighted by atomic mass is 16.5. The number of rotatable bonds is 8. The quantitative estimate of drug-likeness (QED) is 0.777. The maximum absolute atomic E-state index is 9.34. The molecule has 1 unspecified atom stereocenters. The second-order valence-corrected chi connectivity index (χ2v) is 5.37. The van der Waals surface area contributed by atoms with Crippen LogP contribution >= 0.6 is 0 Å². The molecular weight excluding hydrogens is 274 g/mol. The summed E-state index contributed by atoms with van der Waals surface area (Å²) in [6, 6.07) is 18.7. The molecule has 2 N–H and O–H groups in total. The fourth-order valence-electron chi connectivity index (χ4n) is 2.60. The Balaban J connectivity index is 2.10. The number of aliphatic hydroxyl groups is 1. The molecule has 0 aromatic heterocycles. The monoisotopic (exact) mass is 299 g/mol. The Morgan fingerprint density at radius 3 is 2.45 bits per heavy atom. The summed E-state index contributed by atoms with van der Waals surface area (Å²) in [5.74, 6) is 0.895. The summed E-state index contributed by atoms with van der Waals surface area (Å²) in [5.41, 5.74) is 2.38. The molecule has 2 aromatic rings. The van der Waals surface area contributed by atoms with E-state index in [1.807, 2.05) is 37.3 Å². The molecule has 3 nitrogen and oxygen atoms in total. The average Bonchev–Trinajstić information content (AvgIpc) is 2.56. The van der Waals surface area contributed by atoms with E-state index in [1.165, 1.54) is 11.1 Å². The van der Waals surface area contributed by atoms with Gasteiger partial charge in [0.05, 0.1) is 6.61 Å². The van der Waals surface area contributed by atoms with Crippen molar-refractivity contribution in [1.29, 1.82) is 0 Å². The minimum Gasteiger partial charge on any atom is -0.494 e. The van der Waals surface area contributed by atoms with Gasteiger partial charge in [0.1, 0.15) is 5.75 Å². The fourth-order valence-corrected chi connectivity index (χ4v) is 2.60. The van der Waals surface area contributed by atoms with Crippen molar-refractivity contribution in [2.75, 3.05) is 13.2 Å². The molecule has 0 aliphatic rings. The summed E-state index contributed by atoms with van der Waals surface area (Å²) in [4.78, 5) is 0. The van der Waals surface area contributed by atoms with Crippen LogP contribution in [0.3, 0.4) is 0 Å². The standard InChI is InChI=1S/C19H25NO2/c1-3-22-18-11-7-10-17(14-18)15(2)20-19(12-13-21)16-8-5-4-6-9-16/h4-11,14-15,19-21H,3,12-13H2,1-2H3/t15?,19-/m1/s1. The van der Waals surface area contributed by atoms with Gasteiger partial charge in [-0.25, -0.2) is 0 Å². The largest absolute Gasteiger partial charge is 0.494 e. The molecule has 0 fully saturated rings. The summed E-state index contributed by atoms with van der Waals surface area (Å²) in [5, 5.41) is 12.9. The summed E-state index contributed by atoms with van der Waals surface area (Å²) >= 11 is 0. The van der Waals surface area contributed by atoms with Gasteiger partial charge in [0, 0.05) is 18.7 Å². The lowest BCUT2D eigenvalue weighted by atomic mass is 10.0. The molecule has 0 saturated carbocycles. The molecule has 0 aliphatic carbocycles. The molecule has 3 heteroatoms. The number of aliphatic hydroxyl groups excluding tert-OH is 1. The van der Waals surface area contributed by atoms with Gasteiger partial charge in [0.25, 0.3) is 0 Å². The Labute approximate surface area is 133 Å². The van der Waals surface area contributed by atoms with Gasteiger partial charge in [-0.05, 0) is 43.5 Å². The maximum Gasteiger partial charge on any atom is 0.119 e. The number of hydrogen-bond donors (Lipinski definition) is 2. The summed E-state index contributed by atoms with van der Waals surface area (Å²) in [7, 11) is 0. The van der Waals surface area contributed by atoms with Crippen LogP contribution in [0.5, 0.6) is 5.75 Å². The van der Waals surface area contributed by atoms with Gasteiger partial charge >= 0.3 is 0 Å². The number of ether oxygens (including phenoxy) is 1. The van der Waals surface area contributed by atoms with Crippen LogP contribution in [0.4, 0.5) is 0 Å². The first-order valence-electron chi connectivity index (χ1n) is 7.89. The van der Waals surface area contributed by atoms with Crippen molar-refractivity contribution in [3.63, 3.8) is 0 Å². The molecule has 0 saturated heterocycles. The molecule has 0 amide bonds. The Morgan fingerprint density at radius 1 is 1.05 bits per heavy atom. The highest BCUT2D eigenvalue weighted by Gasteiger charge is 2.15. The van der Waals surface area contributed by atoms with Gasteiger partial charge in [-0.3, -0.25) is 0 Å². The first kappa shape index (κ1) is 16.5. The first-order chi connectivity index (χ1) is 10.7. The van der Waals surface area contributed by atoms with E-state index in [4.69, 9.17) is 4.74 Å². The van der Waals surface area contributed by atoms with Crippen molar-refractivity contribution < 1.29 is 9.84 Å². The normalized spacial score (nSPS) is 13.6. The fraction of sp³-hybridized carbons (Fsp3) is 0.368. The number of benzene rings is 2. The van der Waals surface area contributed by atoms with E-state index in [9.17, 15) is 5.11 Å². The molecule has 0 spiro atoms. The van der Waals surface area contributed by atoms with Crippen molar-refractivity contribution in [3.8, 4) is 5.75 Å². The molecule has 0 radical (unpaired) electrons. The van der Waals surface area contributed by atoms with Crippen molar-refractivity contribution in [3.05, 3.63) is 65.7 Å². The summed E-state index contributed by atoms with van der Waals surface area (Å²) < 4.78 is 5.57. The molecule has 22 heavy (non-hydrogen) atoms. The van der Waals surface area contributed by atoms with Crippen molar-refractivity contribution in [1.82, 2.24) is 5.32 Å². The van der Waals surface area contributed by atoms with Crippen LogP contribution < -0.4 is 10.1 Å². The number of nitrogens with one attached hydrogen (secondary N) is 1. The highest BCUT2D eigenvalue weighted by molar-refractivity contribution is 5.30. The van der Waals surface area contributed by atoms with Gasteiger partial charge in [-0.15, -0.1) is 0 Å². The third kappa shape index (κ3) is 4.58. The first-order valence-corrected chi connectivity index (χ1v) is 7.89. The van der Waals surface area contributed by atoms with Crippen LogP contribution in [0, 0.1) is 0 Å². The summed E-state index contributed by atoms with van der Waals surface area (Å²) in [6.07, 6.45) is 0.694.